The number of nitrogens with one attached hydrogen (secondary N) is 1. The molecule has 0 aliphatic heterocycles. The third-order valence-electron chi connectivity index (χ3n) is 3.93. The number of ketones is 1. The molecule has 0 aromatic heterocycles. The normalized spacial score (nSPS) is 14.0. The summed E-state index contributed by atoms with van der Waals surface area (Å²) in [6.45, 7) is -0.619. The number of rotatable bonds is 7. The van der Waals surface area contributed by atoms with Crippen LogP contribution in [0.3, 0.4) is 0 Å². The quantitative estimate of drug-likeness (QED) is 0.519. The van der Waals surface area contributed by atoms with Crippen molar-refractivity contribution in [1.29, 1.82) is 0 Å². The minimum atomic E-state index is -3.93. The van der Waals surface area contributed by atoms with Gasteiger partial charge in [-0.15, -0.1) is 0 Å². The minimum Gasteiger partial charge on any atom is -0.454 e. The Morgan fingerprint density at radius 3 is 2.36 bits per heavy atom. The number of hydrogen-bond acceptors (Lipinski definition) is 5. The lowest BCUT2D eigenvalue weighted by molar-refractivity contribution is 0.0474. The van der Waals surface area contributed by atoms with Crippen molar-refractivity contribution < 1.29 is 27.1 Å². The van der Waals surface area contributed by atoms with Gasteiger partial charge in [-0.3, -0.25) is 4.79 Å². The number of hydrogen-bond donors (Lipinski definition) is 1. The van der Waals surface area contributed by atoms with E-state index in [9.17, 15) is 22.4 Å². The number of benzene rings is 2. The Kier molecular flexibility index (Phi) is 6.04. The number of carbonyl (C=O) groups excluding carboxylic acids is 2. The summed E-state index contributed by atoms with van der Waals surface area (Å²) in [6, 6.07) is 6.72. The zero-order valence-electron chi connectivity index (χ0n) is 14.2. The zero-order chi connectivity index (χ0) is 20.5. The Balaban J connectivity index is 1.76. The van der Waals surface area contributed by atoms with Gasteiger partial charge in [0.1, 0.15) is 10.7 Å². The van der Waals surface area contributed by atoms with Crippen LogP contribution in [0.15, 0.2) is 41.3 Å². The minimum absolute atomic E-state index is 0.116. The molecular weight excluding hydrogens is 432 g/mol. The van der Waals surface area contributed by atoms with Gasteiger partial charge in [0.05, 0.1) is 15.6 Å². The monoisotopic (exact) mass is 445 g/mol. The van der Waals surface area contributed by atoms with Crippen LogP contribution in [-0.2, 0) is 14.8 Å². The van der Waals surface area contributed by atoms with Gasteiger partial charge < -0.3 is 4.74 Å². The van der Waals surface area contributed by atoms with E-state index in [2.05, 4.69) is 4.72 Å². The molecule has 0 amide bonds. The van der Waals surface area contributed by atoms with Gasteiger partial charge in [-0.2, -0.15) is 0 Å². The van der Waals surface area contributed by atoms with E-state index in [1.54, 1.807) is 0 Å². The van der Waals surface area contributed by atoms with Crippen molar-refractivity contribution in [3.63, 3.8) is 0 Å². The van der Waals surface area contributed by atoms with Gasteiger partial charge in [-0.05, 0) is 49.2 Å². The summed E-state index contributed by atoms with van der Waals surface area (Å²) in [7, 11) is -3.93. The molecule has 148 valence electrons. The summed E-state index contributed by atoms with van der Waals surface area (Å²) in [6.07, 6.45) is 1.45. The Hall–Kier alpha value is -2.00. The molecule has 0 bridgehead atoms. The van der Waals surface area contributed by atoms with Crippen LogP contribution in [0.1, 0.15) is 33.6 Å². The van der Waals surface area contributed by atoms with Crippen LogP contribution in [-0.4, -0.2) is 32.8 Å². The lowest BCUT2D eigenvalue weighted by Crippen LogP contribution is -2.26. The summed E-state index contributed by atoms with van der Waals surface area (Å²) in [4.78, 5) is 24.0. The van der Waals surface area contributed by atoms with Gasteiger partial charge in [-0.1, -0.05) is 23.2 Å². The number of Topliss-reactive ketones (excluding diaryl/α,β-unsaturated/α-hetero) is 1. The fourth-order valence-electron chi connectivity index (χ4n) is 2.30. The van der Waals surface area contributed by atoms with Crippen LogP contribution in [0.4, 0.5) is 4.39 Å². The molecule has 0 spiro atoms. The number of ether oxygens (including phenoxy) is 1. The molecule has 0 saturated heterocycles. The predicted octanol–water partition coefficient (Wildman–Crippen LogP) is 3.61. The van der Waals surface area contributed by atoms with E-state index in [-0.39, 0.29) is 32.1 Å². The second-order valence-corrected chi connectivity index (χ2v) is 8.66. The van der Waals surface area contributed by atoms with Gasteiger partial charge >= 0.3 is 5.97 Å². The van der Waals surface area contributed by atoms with Crippen molar-refractivity contribution >= 4 is 45.0 Å². The fraction of sp³-hybridized carbons (Fsp3) is 0.222. The summed E-state index contributed by atoms with van der Waals surface area (Å²) in [5.74, 6) is -2.04. The first-order valence-corrected chi connectivity index (χ1v) is 10.4. The maximum absolute atomic E-state index is 12.9. The fourth-order valence-corrected chi connectivity index (χ4v) is 4.46. The predicted molar refractivity (Wildman–Crippen MR) is 101 cm³/mol. The van der Waals surface area contributed by atoms with Crippen LogP contribution in [0.25, 0.3) is 0 Å². The highest BCUT2D eigenvalue weighted by atomic mass is 35.5. The van der Waals surface area contributed by atoms with Gasteiger partial charge in [-0.25, -0.2) is 22.3 Å². The Bertz CT molecular complexity index is 1040. The summed E-state index contributed by atoms with van der Waals surface area (Å²) >= 11 is 12.0. The molecule has 1 fully saturated rings. The molecule has 0 heterocycles. The van der Waals surface area contributed by atoms with Crippen LogP contribution in [0, 0.1) is 5.82 Å². The first-order valence-electron chi connectivity index (χ1n) is 8.14. The first kappa shape index (κ1) is 20.7. The van der Waals surface area contributed by atoms with E-state index < -0.39 is 34.2 Å². The second-order valence-electron chi connectivity index (χ2n) is 6.16. The highest BCUT2D eigenvalue weighted by molar-refractivity contribution is 7.89. The third-order valence-corrected chi connectivity index (χ3v) is 6.23. The maximum atomic E-state index is 12.9. The molecular formula is C18H14Cl2FNO5S. The Morgan fingerprint density at radius 2 is 1.75 bits per heavy atom. The lowest BCUT2D eigenvalue weighted by atomic mass is 10.1. The summed E-state index contributed by atoms with van der Waals surface area (Å²) in [5, 5.41) is -0.258. The van der Waals surface area contributed by atoms with Crippen molar-refractivity contribution in [3.05, 3.63) is 63.4 Å². The van der Waals surface area contributed by atoms with Crippen LogP contribution >= 0.6 is 23.2 Å². The largest absolute Gasteiger partial charge is 0.454 e. The molecule has 0 unspecified atom stereocenters. The van der Waals surface area contributed by atoms with Crippen LogP contribution in [0.2, 0.25) is 10.0 Å². The molecule has 2 aromatic rings. The van der Waals surface area contributed by atoms with E-state index in [1.807, 2.05) is 0 Å². The number of carbonyl (C=O) groups is 2. The van der Waals surface area contributed by atoms with Crippen molar-refractivity contribution in [2.45, 2.75) is 23.8 Å². The number of sulfonamides is 1. The number of halogens is 3. The Morgan fingerprint density at radius 1 is 1.11 bits per heavy atom. The second kappa shape index (κ2) is 8.16. The molecule has 1 saturated carbocycles. The van der Waals surface area contributed by atoms with E-state index in [1.165, 1.54) is 12.1 Å². The lowest BCUT2D eigenvalue weighted by Gasteiger charge is -2.11. The van der Waals surface area contributed by atoms with Gasteiger partial charge in [0.15, 0.2) is 12.4 Å². The SMILES string of the molecule is O=C(COC(=O)c1cc(S(=O)(=O)NC2CC2)c(Cl)cc1Cl)c1ccc(F)cc1. The molecule has 1 N–H and O–H groups in total. The molecule has 6 nitrogen and oxygen atoms in total. The highest BCUT2D eigenvalue weighted by Crippen LogP contribution is 2.31. The average Bonchev–Trinajstić information content (AvgIpc) is 3.43. The van der Waals surface area contributed by atoms with Gasteiger partial charge in [0, 0.05) is 11.6 Å². The van der Waals surface area contributed by atoms with Crippen LogP contribution < -0.4 is 4.72 Å². The number of esters is 1. The highest BCUT2D eigenvalue weighted by Gasteiger charge is 2.30. The maximum Gasteiger partial charge on any atom is 0.340 e. The molecule has 0 radical (unpaired) electrons. The molecule has 28 heavy (non-hydrogen) atoms. The van der Waals surface area contributed by atoms with Gasteiger partial charge in [0.25, 0.3) is 0 Å². The van der Waals surface area contributed by atoms with E-state index >= 15 is 0 Å². The van der Waals surface area contributed by atoms with Crippen molar-refractivity contribution in [1.82, 2.24) is 4.72 Å². The van der Waals surface area contributed by atoms with Gasteiger partial charge in [0.2, 0.25) is 10.0 Å². The van der Waals surface area contributed by atoms with E-state index in [0.29, 0.717) is 0 Å². The molecule has 1 aliphatic carbocycles. The van der Waals surface area contributed by atoms with Crippen molar-refractivity contribution in [2.24, 2.45) is 0 Å². The third kappa shape index (κ3) is 4.88. The average molecular weight is 446 g/mol. The standard InChI is InChI=1S/C18H14Cl2FNO5S/c19-14-8-15(20)17(28(25,26)22-12-5-6-12)7-13(14)18(24)27-9-16(23)10-1-3-11(21)4-2-10/h1-4,7-8,12,22H,5-6,9H2. The smallest absolute Gasteiger partial charge is 0.340 e. The first-order chi connectivity index (χ1) is 13.2. The topological polar surface area (TPSA) is 89.5 Å². The van der Waals surface area contributed by atoms with Crippen molar-refractivity contribution in [3.8, 4) is 0 Å². The molecule has 1 aliphatic rings. The Labute approximate surface area is 170 Å². The summed E-state index contributed by atoms with van der Waals surface area (Å²) < 4.78 is 45.1. The zero-order valence-corrected chi connectivity index (χ0v) is 16.6. The molecule has 0 atom stereocenters. The molecule has 2 aromatic carbocycles. The van der Waals surface area contributed by atoms with Crippen molar-refractivity contribution in [2.75, 3.05) is 6.61 Å². The van der Waals surface area contributed by atoms with E-state index in [0.717, 1.165) is 37.1 Å². The summed E-state index contributed by atoms with van der Waals surface area (Å²) in [5.41, 5.74) is -0.0811. The molecule has 3 rings (SSSR count). The van der Waals surface area contributed by atoms with E-state index in [4.69, 9.17) is 27.9 Å². The molecule has 10 heteroatoms. The van der Waals surface area contributed by atoms with Crippen LogP contribution in [0.5, 0.6) is 0 Å².